The Hall–Kier alpha value is -4.48. The van der Waals surface area contributed by atoms with Gasteiger partial charge >= 0.3 is 12.1 Å². The van der Waals surface area contributed by atoms with Gasteiger partial charge in [-0.3, -0.25) is 29.9 Å². The van der Waals surface area contributed by atoms with Crippen LogP contribution in [0.4, 0.5) is 21.0 Å². The van der Waals surface area contributed by atoms with Gasteiger partial charge in [-0.2, -0.15) is 0 Å². The number of ether oxygens (including phenoxy) is 1. The zero-order valence-electron chi connectivity index (χ0n) is 20.8. The molecule has 0 bridgehead atoms. The van der Waals surface area contributed by atoms with Crippen LogP contribution in [0, 0.1) is 15.5 Å². The minimum absolute atomic E-state index is 0.00906. The van der Waals surface area contributed by atoms with E-state index in [9.17, 15) is 29.3 Å². The van der Waals surface area contributed by atoms with Gasteiger partial charge in [0, 0.05) is 50.4 Å². The SMILES string of the molecule is CCOC(=O)N1CCN2c3ccc([N+](=O)[O-])cc3C[C@]3(C(=O)NC(=O)N(CCc4ccccc4)C3=O)[C@@H]2C1. The van der Waals surface area contributed by atoms with Crippen molar-refractivity contribution in [3.05, 3.63) is 69.8 Å². The van der Waals surface area contributed by atoms with E-state index in [1.54, 1.807) is 13.0 Å². The quantitative estimate of drug-likeness (QED) is 0.358. The Bertz CT molecular complexity index is 1320. The van der Waals surface area contributed by atoms with Crippen LogP contribution in [0.2, 0.25) is 0 Å². The van der Waals surface area contributed by atoms with Crippen molar-refractivity contribution in [1.82, 2.24) is 15.1 Å². The molecule has 12 heteroatoms. The Labute approximate surface area is 218 Å². The average molecular weight is 522 g/mol. The summed E-state index contributed by atoms with van der Waals surface area (Å²) in [6.07, 6.45) is -0.324. The highest BCUT2D eigenvalue weighted by molar-refractivity contribution is 6.20. The molecule has 3 aliphatic rings. The summed E-state index contributed by atoms with van der Waals surface area (Å²) < 4.78 is 5.17. The summed E-state index contributed by atoms with van der Waals surface area (Å²) in [5.41, 5.74) is 0.0847. The average Bonchev–Trinajstić information content (AvgIpc) is 2.91. The van der Waals surface area contributed by atoms with E-state index in [0.717, 1.165) is 10.5 Å². The van der Waals surface area contributed by atoms with Gasteiger partial charge in [0.05, 0.1) is 17.6 Å². The molecular weight excluding hydrogens is 494 g/mol. The van der Waals surface area contributed by atoms with Crippen LogP contribution < -0.4 is 10.2 Å². The highest BCUT2D eigenvalue weighted by Gasteiger charge is 2.63. The molecule has 38 heavy (non-hydrogen) atoms. The normalized spacial score (nSPS) is 22.6. The van der Waals surface area contributed by atoms with Crippen LogP contribution in [-0.2, 0) is 27.2 Å². The second-order valence-corrected chi connectivity index (χ2v) is 9.52. The second kappa shape index (κ2) is 9.77. The summed E-state index contributed by atoms with van der Waals surface area (Å²) in [5, 5.41) is 13.9. The molecule has 2 aromatic rings. The molecular formula is C26H27N5O7. The minimum atomic E-state index is -1.78. The fourth-order valence-corrected chi connectivity index (χ4v) is 5.64. The van der Waals surface area contributed by atoms with E-state index >= 15 is 0 Å². The third kappa shape index (κ3) is 4.11. The van der Waals surface area contributed by atoms with Crippen LogP contribution in [0.25, 0.3) is 0 Å². The fraction of sp³-hybridized carbons (Fsp3) is 0.385. The molecule has 0 unspecified atom stereocenters. The standard InChI is InChI=1S/C26H27N5O7/c1-2-38-25(35)28-12-13-29-20-9-8-19(31(36)37)14-18(20)15-26(21(29)16-28)22(32)27-24(34)30(23(26)33)11-10-17-6-4-3-5-7-17/h3-9,14,21H,2,10-13,15-16H2,1H3,(H,27,32,34)/t21-,26+/m0/s1. The zero-order valence-corrected chi connectivity index (χ0v) is 20.8. The molecule has 2 saturated heterocycles. The molecule has 2 atom stereocenters. The van der Waals surface area contributed by atoms with Crippen molar-refractivity contribution in [2.75, 3.05) is 37.7 Å². The number of nitro groups is 1. The number of hydrogen-bond acceptors (Lipinski definition) is 8. The summed E-state index contributed by atoms with van der Waals surface area (Å²) >= 11 is 0. The largest absolute Gasteiger partial charge is 0.450 e. The predicted molar refractivity (Wildman–Crippen MR) is 134 cm³/mol. The first kappa shape index (κ1) is 25.2. The Morgan fingerprint density at radius 1 is 1.16 bits per heavy atom. The predicted octanol–water partition coefficient (Wildman–Crippen LogP) is 2.11. The van der Waals surface area contributed by atoms with Crippen LogP contribution in [0.1, 0.15) is 18.1 Å². The van der Waals surface area contributed by atoms with E-state index < -0.39 is 40.3 Å². The minimum Gasteiger partial charge on any atom is -0.450 e. The molecule has 2 fully saturated rings. The number of imide groups is 2. The lowest BCUT2D eigenvalue weighted by Crippen LogP contribution is -2.75. The number of rotatable bonds is 5. The number of barbiturate groups is 1. The van der Waals surface area contributed by atoms with Crippen LogP contribution >= 0.6 is 0 Å². The Balaban J connectivity index is 1.56. The Morgan fingerprint density at radius 2 is 1.92 bits per heavy atom. The Kier molecular flexibility index (Phi) is 6.47. The van der Waals surface area contributed by atoms with E-state index in [4.69, 9.17) is 4.74 Å². The summed E-state index contributed by atoms with van der Waals surface area (Å²) in [7, 11) is 0. The molecule has 198 valence electrons. The third-order valence-corrected chi connectivity index (χ3v) is 7.49. The maximum atomic E-state index is 14.2. The monoisotopic (exact) mass is 521 g/mol. The van der Waals surface area contributed by atoms with Gasteiger partial charge in [-0.25, -0.2) is 9.59 Å². The number of amides is 5. The smallest absolute Gasteiger partial charge is 0.409 e. The number of carbonyl (C=O) groups excluding carboxylic acids is 4. The lowest BCUT2D eigenvalue weighted by molar-refractivity contribution is -0.384. The molecule has 12 nitrogen and oxygen atoms in total. The number of benzene rings is 2. The lowest BCUT2D eigenvalue weighted by atomic mass is 9.67. The number of non-ortho nitro benzene ring substituents is 1. The summed E-state index contributed by atoms with van der Waals surface area (Å²) in [6.45, 7) is 2.45. The molecule has 0 aliphatic carbocycles. The second-order valence-electron chi connectivity index (χ2n) is 9.52. The van der Waals surface area contributed by atoms with Gasteiger partial charge in [-0.05, 0) is 30.5 Å². The number of nitrogens with one attached hydrogen (secondary N) is 1. The van der Waals surface area contributed by atoms with Crippen molar-refractivity contribution in [2.24, 2.45) is 5.41 Å². The fourth-order valence-electron chi connectivity index (χ4n) is 5.64. The molecule has 1 N–H and O–H groups in total. The van der Waals surface area contributed by atoms with Gasteiger partial charge in [0.2, 0.25) is 11.8 Å². The molecule has 0 radical (unpaired) electrons. The van der Waals surface area contributed by atoms with Crippen molar-refractivity contribution in [3.63, 3.8) is 0 Å². The first-order valence-corrected chi connectivity index (χ1v) is 12.4. The number of piperazine rings is 1. The highest BCUT2D eigenvalue weighted by Crippen LogP contribution is 2.46. The zero-order chi connectivity index (χ0) is 27.0. The number of nitrogens with zero attached hydrogens (tertiary/aromatic N) is 4. The third-order valence-electron chi connectivity index (χ3n) is 7.49. The van der Waals surface area contributed by atoms with E-state index in [-0.39, 0.29) is 44.9 Å². The maximum Gasteiger partial charge on any atom is 0.409 e. The molecule has 3 aliphatic heterocycles. The summed E-state index contributed by atoms with van der Waals surface area (Å²) in [6, 6.07) is 12.1. The van der Waals surface area contributed by atoms with E-state index in [2.05, 4.69) is 5.32 Å². The van der Waals surface area contributed by atoms with Gasteiger partial charge in [-0.1, -0.05) is 30.3 Å². The van der Waals surface area contributed by atoms with Crippen molar-refractivity contribution in [1.29, 1.82) is 0 Å². The molecule has 5 rings (SSSR count). The van der Waals surface area contributed by atoms with Crippen LogP contribution in [-0.4, -0.2) is 77.5 Å². The first-order valence-electron chi connectivity index (χ1n) is 12.4. The number of hydrogen-bond donors (Lipinski definition) is 1. The first-order chi connectivity index (χ1) is 18.3. The Morgan fingerprint density at radius 3 is 2.63 bits per heavy atom. The number of urea groups is 1. The van der Waals surface area contributed by atoms with Crippen LogP contribution in [0.3, 0.4) is 0 Å². The van der Waals surface area contributed by atoms with Gasteiger partial charge in [-0.15, -0.1) is 0 Å². The topological polar surface area (TPSA) is 142 Å². The van der Waals surface area contributed by atoms with Gasteiger partial charge < -0.3 is 14.5 Å². The maximum absolute atomic E-state index is 14.2. The molecule has 1 spiro atoms. The highest BCUT2D eigenvalue weighted by atomic mass is 16.6. The summed E-state index contributed by atoms with van der Waals surface area (Å²) in [4.78, 5) is 68.6. The number of carbonyl (C=O) groups is 4. The van der Waals surface area contributed by atoms with Crippen molar-refractivity contribution >= 4 is 35.3 Å². The number of anilines is 1. The van der Waals surface area contributed by atoms with Crippen LogP contribution in [0.15, 0.2) is 48.5 Å². The molecule has 0 aromatic heterocycles. The van der Waals surface area contributed by atoms with Gasteiger partial charge in [0.25, 0.3) is 5.69 Å². The number of nitro benzene ring substituents is 1. The van der Waals surface area contributed by atoms with E-state index in [1.807, 2.05) is 35.2 Å². The number of fused-ring (bicyclic) bond motifs is 4. The van der Waals surface area contributed by atoms with Crippen molar-refractivity contribution in [3.8, 4) is 0 Å². The van der Waals surface area contributed by atoms with Gasteiger partial charge in [0.15, 0.2) is 5.41 Å². The van der Waals surface area contributed by atoms with Crippen molar-refractivity contribution < 1.29 is 28.8 Å². The lowest BCUT2D eigenvalue weighted by Gasteiger charge is -2.55. The van der Waals surface area contributed by atoms with E-state index in [1.165, 1.54) is 17.0 Å². The van der Waals surface area contributed by atoms with Gasteiger partial charge in [0.1, 0.15) is 0 Å². The van der Waals surface area contributed by atoms with Crippen LogP contribution in [0.5, 0.6) is 0 Å². The molecule has 3 heterocycles. The molecule has 0 saturated carbocycles. The van der Waals surface area contributed by atoms with Crippen molar-refractivity contribution in [2.45, 2.75) is 25.8 Å². The molecule has 2 aromatic carbocycles. The summed E-state index contributed by atoms with van der Waals surface area (Å²) in [5.74, 6) is -1.46. The van der Waals surface area contributed by atoms with E-state index in [0.29, 0.717) is 17.7 Å². The molecule has 5 amide bonds.